The molecule has 0 spiro atoms. The Morgan fingerprint density at radius 1 is 1.25 bits per heavy atom. The second kappa shape index (κ2) is 5.15. The van der Waals surface area contributed by atoms with Crippen LogP contribution in [0.1, 0.15) is 12.0 Å². The van der Waals surface area contributed by atoms with Crippen LogP contribution in [0, 0.1) is 11.8 Å². The molecule has 0 unspecified atom stereocenters. The highest BCUT2D eigenvalue weighted by Crippen LogP contribution is 2.06. The van der Waals surface area contributed by atoms with Gasteiger partial charge in [-0.3, -0.25) is 0 Å². The number of aromatic nitrogens is 2. The van der Waals surface area contributed by atoms with Gasteiger partial charge in [0.15, 0.2) is 0 Å². The molecule has 0 saturated carbocycles. The van der Waals surface area contributed by atoms with Crippen molar-refractivity contribution in [2.75, 3.05) is 6.54 Å². The summed E-state index contributed by atoms with van der Waals surface area (Å²) >= 11 is 0. The van der Waals surface area contributed by atoms with Gasteiger partial charge >= 0.3 is 0 Å². The molecule has 16 heavy (non-hydrogen) atoms. The molecule has 0 aliphatic heterocycles. The SMILES string of the molecule is NCCC#Cc1cnn(-c2ccccc2)c1. The van der Waals surface area contributed by atoms with E-state index < -0.39 is 0 Å². The molecule has 2 aromatic rings. The summed E-state index contributed by atoms with van der Waals surface area (Å²) in [6.07, 6.45) is 4.39. The highest BCUT2D eigenvalue weighted by molar-refractivity contribution is 5.35. The normalized spacial score (nSPS) is 9.56. The lowest BCUT2D eigenvalue weighted by Crippen LogP contribution is -1.95. The Bertz CT molecular complexity index is 503. The quantitative estimate of drug-likeness (QED) is 0.766. The summed E-state index contributed by atoms with van der Waals surface area (Å²) in [6, 6.07) is 9.96. The molecule has 0 radical (unpaired) electrons. The molecule has 3 heteroatoms. The van der Waals surface area contributed by atoms with Crippen molar-refractivity contribution < 1.29 is 0 Å². The lowest BCUT2D eigenvalue weighted by Gasteiger charge is -1.98. The fourth-order valence-corrected chi connectivity index (χ4v) is 1.35. The van der Waals surface area contributed by atoms with Crippen molar-refractivity contribution in [1.82, 2.24) is 9.78 Å². The Morgan fingerprint density at radius 2 is 2.06 bits per heavy atom. The van der Waals surface area contributed by atoms with Crippen molar-refractivity contribution in [3.63, 3.8) is 0 Å². The summed E-state index contributed by atoms with van der Waals surface area (Å²) in [5.74, 6) is 6.01. The first kappa shape index (κ1) is 10.5. The predicted molar refractivity (Wildman–Crippen MR) is 64.1 cm³/mol. The van der Waals surface area contributed by atoms with Crippen LogP contribution < -0.4 is 5.73 Å². The van der Waals surface area contributed by atoms with E-state index in [1.165, 1.54) is 0 Å². The van der Waals surface area contributed by atoms with Crippen molar-refractivity contribution in [3.8, 4) is 17.5 Å². The van der Waals surface area contributed by atoms with Crippen molar-refractivity contribution in [2.24, 2.45) is 5.73 Å². The molecule has 0 atom stereocenters. The predicted octanol–water partition coefficient (Wildman–Crippen LogP) is 1.57. The van der Waals surface area contributed by atoms with Gasteiger partial charge in [0.1, 0.15) is 0 Å². The first-order chi connectivity index (χ1) is 7.90. The molecule has 3 nitrogen and oxygen atoms in total. The molecule has 0 saturated heterocycles. The molecule has 80 valence electrons. The molecule has 0 fully saturated rings. The van der Waals surface area contributed by atoms with Crippen molar-refractivity contribution in [1.29, 1.82) is 0 Å². The molecular formula is C13H13N3. The minimum atomic E-state index is 0.597. The number of hydrogen-bond acceptors (Lipinski definition) is 2. The topological polar surface area (TPSA) is 43.8 Å². The lowest BCUT2D eigenvalue weighted by molar-refractivity contribution is 0.880. The molecule has 2 rings (SSSR count). The van der Waals surface area contributed by atoms with Crippen LogP contribution in [0.4, 0.5) is 0 Å². The van der Waals surface area contributed by atoms with E-state index in [4.69, 9.17) is 5.73 Å². The van der Waals surface area contributed by atoms with Gasteiger partial charge in [-0.15, -0.1) is 0 Å². The minimum absolute atomic E-state index is 0.597. The molecule has 1 heterocycles. The number of benzene rings is 1. The zero-order chi connectivity index (χ0) is 11.2. The van der Waals surface area contributed by atoms with Crippen LogP contribution in [-0.4, -0.2) is 16.3 Å². The van der Waals surface area contributed by atoms with Crippen LogP contribution >= 0.6 is 0 Å². The second-order valence-electron chi connectivity index (χ2n) is 3.35. The Morgan fingerprint density at radius 3 is 2.81 bits per heavy atom. The molecule has 0 aliphatic rings. The first-order valence-corrected chi connectivity index (χ1v) is 5.19. The molecule has 0 aliphatic carbocycles. The minimum Gasteiger partial charge on any atom is -0.330 e. The molecule has 2 N–H and O–H groups in total. The maximum Gasteiger partial charge on any atom is 0.0651 e. The van der Waals surface area contributed by atoms with Gasteiger partial charge in [-0.2, -0.15) is 5.10 Å². The van der Waals surface area contributed by atoms with Gasteiger partial charge in [0.25, 0.3) is 0 Å². The fourth-order valence-electron chi connectivity index (χ4n) is 1.35. The van der Waals surface area contributed by atoms with E-state index in [1.807, 2.05) is 41.2 Å². The van der Waals surface area contributed by atoms with Crippen LogP contribution in [0.2, 0.25) is 0 Å². The van der Waals surface area contributed by atoms with Crippen LogP contribution in [0.25, 0.3) is 5.69 Å². The van der Waals surface area contributed by atoms with E-state index >= 15 is 0 Å². The van der Waals surface area contributed by atoms with Crippen molar-refractivity contribution >= 4 is 0 Å². The third-order valence-electron chi connectivity index (χ3n) is 2.11. The zero-order valence-corrected chi connectivity index (χ0v) is 8.93. The highest BCUT2D eigenvalue weighted by atomic mass is 15.3. The van der Waals surface area contributed by atoms with E-state index in [1.54, 1.807) is 6.20 Å². The average molecular weight is 211 g/mol. The summed E-state index contributed by atoms with van der Waals surface area (Å²) in [7, 11) is 0. The lowest BCUT2D eigenvalue weighted by atomic mass is 10.3. The number of nitrogens with two attached hydrogens (primary N) is 1. The fraction of sp³-hybridized carbons (Fsp3) is 0.154. The van der Waals surface area contributed by atoms with Crippen LogP contribution in [0.15, 0.2) is 42.7 Å². The van der Waals surface area contributed by atoms with Crippen molar-refractivity contribution in [3.05, 3.63) is 48.3 Å². The monoisotopic (exact) mass is 211 g/mol. The van der Waals surface area contributed by atoms with Crippen LogP contribution in [0.3, 0.4) is 0 Å². The van der Waals surface area contributed by atoms with Gasteiger partial charge in [0.05, 0.1) is 17.4 Å². The maximum absolute atomic E-state index is 5.37. The smallest absolute Gasteiger partial charge is 0.0651 e. The van der Waals surface area contributed by atoms with Gasteiger partial charge in [-0.05, 0) is 12.1 Å². The van der Waals surface area contributed by atoms with Gasteiger partial charge in [-0.25, -0.2) is 4.68 Å². The van der Waals surface area contributed by atoms with Gasteiger partial charge in [-0.1, -0.05) is 30.0 Å². The van der Waals surface area contributed by atoms with Crippen LogP contribution in [0.5, 0.6) is 0 Å². The third kappa shape index (κ3) is 2.50. The largest absolute Gasteiger partial charge is 0.330 e. The molecular weight excluding hydrogens is 198 g/mol. The average Bonchev–Trinajstić information content (AvgIpc) is 2.79. The zero-order valence-electron chi connectivity index (χ0n) is 8.93. The molecule has 1 aromatic heterocycles. The Hall–Kier alpha value is -2.05. The van der Waals surface area contributed by atoms with E-state index in [0.29, 0.717) is 6.54 Å². The molecule has 0 amide bonds. The number of para-hydroxylation sites is 1. The van der Waals surface area contributed by atoms with E-state index in [0.717, 1.165) is 17.7 Å². The maximum atomic E-state index is 5.37. The summed E-state index contributed by atoms with van der Waals surface area (Å²) in [4.78, 5) is 0. The highest BCUT2D eigenvalue weighted by Gasteiger charge is 1.96. The molecule has 1 aromatic carbocycles. The molecule has 0 bridgehead atoms. The Kier molecular flexibility index (Phi) is 3.37. The Balaban J connectivity index is 2.18. The number of rotatable bonds is 2. The van der Waals surface area contributed by atoms with E-state index in [-0.39, 0.29) is 0 Å². The van der Waals surface area contributed by atoms with E-state index in [2.05, 4.69) is 16.9 Å². The van der Waals surface area contributed by atoms with Gasteiger partial charge in [0.2, 0.25) is 0 Å². The summed E-state index contributed by atoms with van der Waals surface area (Å²) in [5, 5.41) is 4.25. The van der Waals surface area contributed by atoms with Crippen LogP contribution in [-0.2, 0) is 0 Å². The summed E-state index contributed by atoms with van der Waals surface area (Å²) in [5.41, 5.74) is 7.32. The number of nitrogens with zero attached hydrogens (tertiary/aromatic N) is 2. The Labute approximate surface area is 94.9 Å². The first-order valence-electron chi connectivity index (χ1n) is 5.19. The number of hydrogen-bond donors (Lipinski definition) is 1. The van der Waals surface area contributed by atoms with Gasteiger partial charge < -0.3 is 5.73 Å². The second-order valence-corrected chi connectivity index (χ2v) is 3.35. The van der Waals surface area contributed by atoms with E-state index in [9.17, 15) is 0 Å². The summed E-state index contributed by atoms with van der Waals surface area (Å²) < 4.78 is 1.81. The third-order valence-corrected chi connectivity index (χ3v) is 2.11. The van der Waals surface area contributed by atoms with Crippen molar-refractivity contribution in [2.45, 2.75) is 6.42 Å². The standard InChI is InChI=1S/C13H13N3/c14-9-5-4-6-12-10-15-16(11-12)13-7-2-1-3-8-13/h1-3,7-8,10-11H,5,9,14H2. The van der Waals surface area contributed by atoms with Gasteiger partial charge in [0, 0.05) is 19.2 Å². The summed E-state index contributed by atoms with van der Waals surface area (Å²) in [6.45, 7) is 0.597.